The first-order chi connectivity index (χ1) is 5.97. The molecular formula is C9H14O3Si. The quantitative estimate of drug-likeness (QED) is 0.296. The van der Waals surface area contributed by atoms with Crippen LogP contribution >= 0.6 is 0 Å². The van der Waals surface area contributed by atoms with Crippen molar-refractivity contribution in [2.75, 3.05) is 6.61 Å². The van der Waals surface area contributed by atoms with Crippen molar-refractivity contribution in [1.82, 2.24) is 0 Å². The van der Waals surface area contributed by atoms with Gasteiger partial charge in [0, 0.05) is 0 Å². The maximum Gasteiger partial charge on any atom is 0.213 e. The van der Waals surface area contributed by atoms with E-state index in [2.05, 4.69) is 0 Å². The molecule has 0 N–H and O–H groups in total. The first-order valence-corrected chi connectivity index (χ1v) is 7.61. The lowest BCUT2D eigenvalue weighted by atomic mass is 10.5. The van der Waals surface area contributed by atoms with E-state index in [1.165, 1.54) is 0 Å². The van der Waals surface area contributed by atoms with Gasteiger partial charge in [-0.05, 0) is 6.92 Å². The minimum atomic E-state index is -1.84. The minimum Gasteiger partial charge on any atom is -0.483 e. The SMILES string of the molecule is CCOC(=C=O)C(=C=O)[Si](C)(C)C. The fourth-order valence-corrected chi connectivity index (χ4v) is 1.95. The van der Waals surface area contributed by atoms with E-state index in [0.29, 0.717) is 11.8 Å². The van der Waals surface area contributed by atoms with Crippen molar-refractivity contribution in [3.63, 3.8) is 0 Å². The van der Waals surface area contributed by atoms with Gasteiger partial charge in [0.2, 0.25) is 5.76 Å². The van der Waals surface area contributed by atoms with Crippen LogP contribution in [0.15, 0.2) is 11.0 Å². The molecule has 0 aromatic carbocycles. The van der Waals surface area contributed by atoms with Crippen molar-refractivity contribution < 1.29 is 14.3 Å². The zero-order valence-corrected chi connectivity index (χ0v) is 9.43. The minimum absolute atomic E-state index is 0.0247. The van der Waals surface area contributed by atoms with Gasteiger partial charge in [-0.3, -0.25) is 0 Å². The highest BCUT2D eigenvalue weighted by molar-refractivity contribution is 6.85. The summed E-state index contributed by atoms with van der Waals surface area (Å²) in [6, 6.07) is 0. The van der Waals surface area contributed by atoms with E-state index in [1.54, 1.807) is 18.8 Å². The molecule has 0 spiro atoms. The molecule has 0 fully saturated rings. The lowest BCUT2D eigenvalue weighted by molar-refractivity contribution is 0.243. The first kappa shape index (κ1) is 11.9. The van der Waals surface area contributed by atoms with E-state index in [-0.39, 0.29) is 5.76 Å². The molecule has 0 radical (unpaired) electrons. The Balaban J connectivity index is 5.01. The molecule has 0 atom stereocenters. The predicted molar refractivity (Wildman–Crippen MR) is 53.4 cm³/mol. The van der Waals surface area contributed by atoms with Crippen LogP contribution in [-0.2, 0) is 14.3 Å². The lowest BCUT2D eigenvalue weighted by Crippen LogP contribution is -2.27. The van der Waals surface area contributed by atoms with Crippen LogP contribution in [0.2, 0.25) is 19.6 Å². The Labute approximate surface area is 79.1 Å². The van der Waals surface area contributed by atoms with Crippen LogP contribution in [0.3, 0.4) is 0 Å². The van der Waals surface area contributed by atoms with Crippen molar-refractivity contribution in [2.24, 2.45) is 0 Å². The van der Waals surface area contributed by atoms with Gasteiger partial charge in [-0.1, -0.05) is 19.6 Å². The summed E-state index contributed by atoms with van der Waals surface area (Å²) in [6.07, 6.45) is 0. The molecule has 0 aliphatic carbocycles. The van der Waals surface area contributed by atoms with Crippen molar-refractivity contribution in [3.8, 4) is 0 Å². The van der Waals surface area contributed by atoms with E-state index in [1.807, 2.05) is 19.6 Å². The Morgan fingerprint density at radius 3 is 2.00 bits per heavy atom. The number of carbonyl (C=O) groups excluding carboxylic acids is 2. The van der Waals surface area contributed by atoms with Gasteiger partial charge in [-0.25, -0.2) is 9.59 Å². The number of hydrogen-bond acceptors (Lipinski definition) is 3. The molecule has 0 rings (SSSR count). The number of ether oxygens (including phenoxy) is 1. The molecule has 0 heterocycles. The lowest BCUT2D eigenvalue weighted by Gasteiger charge is -2.17. The molecule has 0 aromatic heterocycles. The van der Waals surface area contributed by atoms with Crippen LogP contribution in [-0.4, -0.2) is 26.6 Å². The highest BCUT2D eigenvalue weighted by Crippen LogP contribution is 2.18. The van der Waals surface area contributed by atoms with Crippen molar-refractivity contribution in [3.05, 3.63) is 11.0 Å². The number of allylic oxidation sites excluding steroid dienone is 1. The van der Waals surface area contributed by atoms with Gasteiger partial charge in [0.15, 0.2) is 5.94 Å². The predicted octanol–water partition coefficient (Wildman–Crippen LogP) is 1.37. The summed E-state index contributed by atoms with van der Waals surface area (Å²) in [5.74, 6) is 3.45. The topological polar surface area (TPSA) is 43.4 Å². The second-order valence-corrected chi connectivity index (χ2v) is 8.59. The van der Waals surface area contributed by atoms with Gasteiger partial charge in [0.1, 0.15) is 5.94 Å². The summed E-state index contributed by atoms with van der Waals surface area (Å²) >= 11 is 0. The van der Waals surface area contributed by atoms with Crippen molar-refractivity contribution in [1.29, 1.82) is 0 Å². The normalized spacial score (nSPS) is 9.85. The Kier molecular flexibility index (Phi) is 4.42. The molecule has 0 unspecified atom stereocenters. The van der Waals surface area contributed by atoms with Crippen LogP contribution < -0.4 is 0 Å². The molecule has 0 bridgehead atoms. The molecule has 3 nitrogen and oxygen atoms in total. The van der Waals surface area contributed by atoms with Gasteiger partial charge in [0.05, 0.1) is 19.9 Å². The van der Waals surface area contributed by atoms with Crippen LogP contribution in [0.5, 0.6) is 0 Å². The second kappa shape index (κ2) is 4.82. The van der Waals surface area contributed by atoms with Crippen LogP contribution in [0.1, 0.15) is 6.92 Å². The van der Waals surface area contributed by atoms with Gasteiger partial charge in [-0.2, -0.15) is 0 Å². The standard InChI is InChI=1S/C9H14O3Si/c1-5-12-8(6-10)9(7-11)13(2,3)4/h5H2,1-4H3. The number of rotatable bonds is 4. The van der Waals surface area contributed by atoms with E-state index < -0.39 is 8.07 Å². The first-order valence-electron chi connectivity index (χ1n) is 4.11. The van der Waals surface area contributed by atoms with Crippen molar-refractivity contribution in [2.45, 2.75) is 26.6 Å². The van der Waals surface area contributed by atoms with E-state index in [0.717, 1.165) is 0 Å². The van der Waals surface area contributed by atoms with Gasteiger partial charge < -0.3 is 4.74 Å². The average molecular weight is 198 g/mol. The monoisotopic (exact) mass is 198 g/mol. The van der Waals surface area contributed by atoms with Crippen LogP contribution in [0, 0.1) is 0 Å². The molecule has 0 amide bonds. The summed E-state index contributed by atoms with van der Waals surface area (Å²) in [4.78, 5) is 21.1. The highest BCUT2D eigenvalue weighted by atomic mass is 28.3. The third kappa shape index (κ3) is 3.43. The fraction of sp³-hybridized carbons (Fsp3) is 0.556. The smallest absolute Gasteiger partial charge is 0.213 e. The van der Waals surface area contributed by atoms with E-state index in [4.69, 9.17) is 4.74 Å². The maximum absolute atomic E-state index is 10.6. The van der Waals surface area contributed by atoms with Gasteiger partial charge in [0.25, 0.3) is 0 Å². The number of hydrogen-bond donors (Lipinski definition) is 0. The zero-order valence-electron chi connectivity index (χ0n) is 8.43. The van der Waals surface area contributed by atoms with Crippen molar-refractivity contribution >= 4 is 20.0 Å². The summed E-state index contributed by atoms with van der Waals surface area (Å²) in [5.41, 5.74) is 0. The summed E-state index contributed by atoms with van der Waals surface area (Å²) < 4.78 is 5.00. The van der Waals surface area contributed by atoms with Crippen LogP contribution in [0.4, 0.5) is 0 Å². The van der Waals surface area contributed by atoms with Crippen LogP contribution in [0.25, 0.3) is 0 Å². The maximum atomic E-state index is 10.6. The molecule has 4 heteroatoms. The Bertz CT molecular complexity index is 276. The zero-order chi connectivity index (χ0) is 10.5. The third-order valence-electron chi connectivity index (χ3n) is 1.46. The average Bonchev–Trinajstić information content (AvgIpc) is 2.01. The van der Waals surface area contributed by atoms with E-state index in [9.17, 15) is 9.59 Å². The third-order valence-corrected chi connectivity index (χ3v) is 3.29. The second-order valence-electron chi connectivity index (χ2n) is 3.59. The summed E-state index contributed by atoms with van der Waals surface area (Å²) in [5, 5.41) is 0.365. The largest absolute Gasteiger partial charge is 0.483 e. The van der Waals surface area contributed by atoms with Gasteiger partial charge in [-0.15, -0.1) is 0 Å². The van der Waals surface area contributed by atoms with Gasteiger partial charge >= 0.3 is 0 Å². The molecule has 0 saturated carbocycles. The molecule has 13 heavy (non-hydrogen) atoms. The fourth-order valence-electron chi connectivity index (χ4n) is 0.837. The molecule has 0 aliphatic heterocycles. The molecule has 0 aliphatic rings. The molecule has 0 aromatic rings. The summed E-state index contributed by atoms with van der Waals surface area (Å²) in [6.45, 7) is 7.96. The molecular weight excluding hydrogens is 184 g/mol. The Morgan fingerprint density at radius 1 is 1.23 bits per heavy atom. The highest BCUT2D eigenvalue weighted by Gasteiger charge is 2.26. The Hall–Kier alpha value is -1.08. The molecule has 0 saturated heterocycles. The molecule has 72 valence electrons. The summed E-state index contributed by atoms with van der Waals surface area (Å²) in [7, 11) is -1.84. The van der Waals surface area contributed by atoms with E-state index >= 15 is 0 Å². The Morgan fingerprint density at radius 2 is 1.77 bits per heavy atom.